The van der Waals surface area contributed by atoms with E-state index in [1.807, 2.05) is 0 Å². The summed E-state index contributed by atoms with van der Waals surface area (Å²) in [5, 5.41) is 16.3. The molecule has 0 amide bonds. The van der Waals surface area contributed by atoms with Crippen molar-refractivity contribution in [3.05, 3.63) is 35.2 Å². The van der Waals surface area contributed by atoms with Gasteiger partial charge in [-0.25, -0.2) is 0 Å². The SMILES string of the molecule is CCC(C)(CO)NCc1csc2ccccc12. The molecule has 2 aromatic rings. The minimum absolute atomic E-state index is 0.172. The molecule has 0 saturated heterocycles. The lowest BCUT2D eigenvalue weighted by molar-refractivity contribution is 0.169. The average molecular weight is 249 g/mol. The van der Waals surface area contributed by atoms with E-state index in [4.69, 9.17) is 0 Å². The number of thiophene rings is 1. The van der Waals surface area contributed by atoms with Crippen LogP contribution >= 0.6 is 11.3 Å². The number of rotatable bonds is 5. The molecule has 2 N–H and O–H groups in total. The first-order valence-electron chi connectivity index (χ1n) is 5.99. The second-order valence-electron chi connectivity index (χ2n) is 4.68. The second-order valence-corrected chi connectivity index (χ2v) is 5.59. The number of aliphatic hydroxyl groups excluding tert-OH is 1. The van der Waals surface area contributed by atoms with Crippen LogP contribution in [0.4, 0.5) is 0 Å². The Balaban J connectivity index is 2.14. The molecule has 1 atom stereocenters. The summed E-state index contributed by atoms with van der Waals surface area (Å²) in [4.78, 5) is 0. The van der Waals surface area contributed by atoms with E-state index in [1.54, 1.807) is 11.3 Å². The molecule has 0 saturated carbocycles. The van der Waals surface area contributed by atoms with Gasteiger partial charge in [-0.1, -0.05) is 25.1 Å². The second kappa shape index (κ2) is 5.17. The lowest BCUT2D eigenvalue weighted by Gasteiger charge is -2.27. The predicted octanol–water partition coefficient (Wildman–Crippen LogP) is 3.15. The maximum atomic E-state index is 9.37. The van der Waals surface area contributed by atoms with E-state index < -0.39 is 0 Å². The van der Waals surface area contributed by atoms with Crippen LogP contribution in [0.15, 0.2) is 29.6 Å². The van der Waals surface area contributed by atoms with Gasteiger partial charge in [0.2, 0.25) is 0 Å². The smallest absolute Gasteiger partial charge is 0.0610 e. The summed E-state index contributed by atoms with van der Waals surface area (Å²) in [7, 11) is 0. The van der Waals surface area contributed by atoms with Crippen molar-refractivity contribution in [1.82, 2.24) is 5.32 Å². The molecule has 17 heavy (non-hydrogen) atoms. The highest BCUT2D eigenvalue weighted by molar-refractivity contribution is 7.17. The topological polar surface area (TPSA) is 32.3 Å². The van der Waals surface area contributed by atoms with Crippen molar-refractivity contribution in [3.63, 3.8) is 0 Å². The molecule has 3 heteroatoms. The molecule has 1 aromatic carbocycles. The highest BCUT2D eigenvalue weighted by Crippen LogP contribution is 2.26. The van der Waals surface area contributed by atoms with Gasteiger partial charge in [-0.05, 0) is 35.7 Å². The van der Waals surface area contributed by atoms with Crippen molar-refractivity contribution in [2.75, 3.05) is 6.61 Å². The van der Waals surface area contributed by atoms with Crippen LogP contribution in [0.25, 0.3) is 10.1 Å². The van der Waals surface area contributed by atoms with E-state index in [9.17, 15) is 5.11 Å². The zero-order valence-electron chi connectivity index (χ0n) is 10.4. The van der Waals surface area contributed by atoms with Crippen molar-refractivity contribution in [1.29, 1.82) is 0 Å². The fourth-order valence-electron chi connectivity index (χ4n) is 1.77. The first-order chi connectivity index (χ1) is 8.18. The minimum Gasteiger partial charge on any atom is -0.394 e. The highest BCUT2D eigenvalue weighted by Gasteiger charge is 2.20. The average Bonchev–Trinajstić information content (AvgIpc) is 2.79. The molecule has 1 aromatic heterocycles. The summed E-state index contributed by atoms with van der Waals surface area (Å²) >= 11 is 1.78. The zero-order chi connectivity index (χ0) is 12.3. The summed E-state index contributed by atoms with van der Waals surface area (Å²) in [5.74, 6) is 0. The molecule has 1 unspecified atom stereocenters. The van der Waals surface area contributed by atoms with Gasteiger partial charge in [-0.3, -0.25) is 0 Å². The van der Waals surface area contributed by atoms with Crippen LogP contribution in [0.2, 0.25) is 0 Å². The van der Waals surface area contributed by atoms with Gasteiger partial charge in [0.1, 0.15) is 0 Å². The molecule has 0 aliphatic rings. The maximum absolute atomic E-state index is 9.37. The predicted molar refractivity (Wildman–Crippen MR) is 74.4 cm³/mol. The number of aliphatic hydroxyl groups is 1. The minimum atomic E-state index is -0.178. The molecule has 1 heterocycles. The zero-order valence-corrected chi connectivity index (χ0v) is 11.2. The van der Waals surface area contributed by atoms with Crippen molar-refractivity contribution >= 4 is 21.4 Å². The molecule has 0 fully saturated rings. The first-order valence-corrected chi connectivity index (χ1v) is 6.87. The van der Waals surface area contributed by atoms with Crippen molar-refractivity contribution in [2.24, 2.45) is 0 Å². The van der Waals surface area contributed by atoms with Crippen LogP contribution in [0.1, 0.15) is 25.8 Å². The first kappa shape index (κ1) is 12.6. The van der Waals surface area contributed by atoms with Crippen molar-refractivity contribution < 1.29 is 5.11 Å². The molecule has 2 nitrogen and oxygen atoms in total. The summed E-state index contributed by atoms with van der Waals surface area (Å²) in [6.45, 7) is 5.14. The van der Waals surface area contributed by atoms with E-state index in [2.05, 4.69) is 48.8 Å². The molecule has 2 rings (SSSR count). The molecule has 0 aliphatic carbocycles. The van der Waals surface area contributed by atoms with Crippen LogP contribution in [0, 0.1) is 0 Å². The monoisotopic (exact) mass is 249 g/mol. The molecular formula is C14H19NOS. The van der Waals surface area contributed by atoms with Gasteiger partial charge in [0.15, 0.2) is 0 Å². The fourth-order valence-corrected chi connectivity index (χ4v) is 2.73. The van der Waals surface area contributed by atoms with E-state index in [0.717, 1.165) is 13.0 Å². The summed E-state index contributed by atoms with van der Waals surface area (Å²) < 4.78 is 1.33. The fraction of sp³-hybridized carbons (Fsp3) is 0.429. The van der Waals surface area contributed by atoms with Crippen molar-refractivity contribution in [3.8, 4) is 0 Å². The van der Waals surface area contributed by atoms with E-state index in [-0.39, 0.29) is 12.1 Å². The van der Waals surface area contributed by atoms with Gasteiger partial charge >= 0.3 is 0 Å². The van der Waals surface area contributed by atoms with Gasteiger partial charge in [0.05, 0.1) is 6.61 Å². The third-order valence-electron chi connectivity index (χ3n) is 3.40. The Morgan fingerprint density at radius 3 is 2.82 bits per heavy atom. The highest BCUT2D eigenvalue weighted by atomic mass is 32.1. The van der Waals surface area contributed by atoms with Crippen LogP contribution < -0.4 is 5.32 Å². The largest absolute Gasteiger partial charge is 0.394 e. The summed E-state index contributed by atoms with van der Waals surface area (Å²) in [6, 6.07) is 8.45. The van der Waals surface area contributed by atoms with E-state index in [1.165, 1.54) is 15.6 Å². The van der Waals surface area contributed by atoms with Gasteiger partial charge < -0.3 is 10.4 Å². The van der Waals surface area contributed by atoms with Gasteiger partial charge in [0.25, 0.3) is 0 Å². The summed E-state index contributed by atoms with van der Waals surface area (Å²) in [6.07, 6.45) is 0.922. The van der Waals surface area contributed by atoms with Gasteiger partial charge in [-0.15, -0.1) is 11.3 Å². The maximum Gasteiger partial charge on any atom is 0.0610 e. The number of hydrogen-bond acceptors (Lipinski definition) is 3. The third kappa shape index (κ3) is 2.68. The quantitative estimate of drug-likeness (QED) is 0.853. The van der Waals surface area contributed by atoms with Gasteiger partial charge in [0, 0.05) is 16.8 Å². The molecule has 92 valence electrons. The van der Waals surface area contributed by atoms with Gasteiger partial charge in [-0.2, -0.15) is 0 Å². The van der Waals surface area contributed by atoms with E-state index >= 15 is 0 Å². The molecule has 0 aliphatic heterocycles. The molecule has 0 radical (unpaired) electrons. The number of benzene rings is 1. The molecule has 0 bridgehead atoms. The van der Waals surface area contributed by atoms with E-state index in [0.29, 0.717) is 0 Å². The Kier molecular flexibility index (Phi) is 3.82. The van der Waals surface area contributed by atoms with Crippen LogP contribution in [0.3, 0.4) is 0 Å². The molecule has 0 spiro atoms. The lowest BCUT2D eigenvalue weighted by atomic mass is 10.00. The Labute approximate surface area is 106 Å². The normalized spacial score (nSPS) is 15.0. The Bertz CT molecular complexity index is 488. The van der Waals surface area contributed by atoms with Crippen LogP contribution in [0.5, 0.6) is 0 Å². The third-order valence-corrected chi connectivity index (χ3v) is 4.41. The standard InChI is InChI=1S/C14H19NOS/c1-3-14(2,10-16)15-8-11-9-17-13-7-5-4-6-12(11)13/h4-7,9,15-16H,3,8,10H2,1-2H3. The Hall–Kier alpha value is -0.900. The Morgan fingerprint density at radius 1 is 1.35 bits per heavy atom. The number of nitrogens with one attached hydrogen (secondary N) is 1. The number of hydrogen-bond donors (Lipinski definition) is 2. The lowest BCUT2D eigenvalue weighted by Crippen LogP contribution is -2.44. The summed E-state index contributed by atoms with van der Waals surface area (Å²) in [5.41, 5.74) is 1.14. The number of fused-ring (bicyclic) bond motifs is 1. The van der Waals surface area contributed by atoms with Crippen molar-refractivity contribution in [2.45, 2.75) is 32.4 Å². The molecular weight excluding hydrogens is 230 g/mol. The van der Waals surface area contributed by atoms with Crippen LogP contribution in [-0.2, 0) is 6.54 Å². The Morgan fingerprint density at radius 2 is 2.12 bits per heavy atom. The van der Waals surface area contributed by atoms with Crippen LogP contribution in [-0.4, -0.2) is 17.3 Å².